The normalized spacial score (nSPS) is 25.5. The van der Waals surface area contributed by atoms with Crippen LogP contribution >= 0.6 is 11.8 Å². The summed E-state index contributed by atoms with van der Waals surface area (Å²) in [6, 6.07) is 30.4. The smallest absolute Gasteiger partial charge is 0.228 e. The average molecular weight is 651 g/mol. The monoisotopic (exact) mass is 650 g/mol. The molecule has 6 rings (SSSR count). The number of hydrogen-bond acceptors (Lipinski definition) is 4. The van der Waals surface area contributed by atoms with Gasteiger partial charge in [-0.25, -0.2) is 0 Å². The number of carbonyl (C=O) groups excluding carboxylic acids is 1. The van der Waals surface area contributed by atoms with E-state index in [1.54, 1.807) is 0 Å². The molecule has 0 aromatic heterocycles. The van der Waals surface area contributed by atoms with Crippen molar-refractivity contribution in [3.63, 3.8) is 0 Å². The SMILES string of the molecule is Cc1ccc(CS/C2=C(\N3CCN(C(=O)C(Cc4ccccc4)C(C)(C)C)C3)CCCC(C)C(CCc3ccccc3)C3OC23)cc1. The maximum atomic E-state index is 14.2. The van der Waals surface area contributed by atoms with E-state index < -0.39 is 0 Å². The van der Waals surface area contributed by atoms with Crippen LogP contribution in [0.5, 0.6) is 0 Å². The van der Waals surface area contributed by atoms with Crippen molar-refractivity contribution in [1.82, 2.24) is 9.80 Å². The van der Waals surface area contributed by atoms with Gasteiger partial charge in [-0.3, -0.25) is 4.79 Å². The summed E-state index contributed by atoms with van der Waals surface area (Å²) in [6.07, 6.45) is 6.92. The Morgan fingerprint density at radius 1 is 0.915 bits per heavy atom. The minimum Gasteiger partial charge on any atom is -0.364 e. The zero-order valence-corrected chi connectivity index (χ0v) is 30.0. The van der Waals surface area contributed by atoms with Gasteiger partial charge < -0.3 is 14.5 Å². The fraction of sp³-hybridized carbons (Fsp3) is 0.500. The molecule has 3 aromatic carbocycles. The third kappa shape index (κ3) is 8.53. The molecule has 0 bridgehead atoms. The van der Waals surface area contributed by atoms with Gasteiger partial charge in [0.05, 0.1) is 12.8 Å². The fourth-order valence-electron chi connectivity index (χ4n) is 7.65. The summed E-state index contributed by atoms with van der Waals surface area (Å²) in [4.78, 5) is 20.3. The Labute approximate surface area is 288 Å². The Bertz CT molecular complexity index is 1500. The Morgan fingerprint density at radius 2 is 1.60 bits per heavy atom. The van der Waals surface area contributed by atoms with E-state index in [1.165, 1.54) is 52.1 Å². The molecule has 2 saturated heterocycles. The zero-order valence-electron chi connectivity index (χ0n) is 29.2. The molecule has 2 fully saturated rings. The molecule has 2 aliphatic heterocycles. The fourth-order valence-corrected chi connectivity index (χ4v) is 8.92. The maximum Gasteiger partial charge on any atom is 0.228 e. The molecule has 0 spiro atoms. The highest BCUT2D eigenvalue weighted by molar-refractivity contribution is 8.02. The first-order valence-electron chi connectivity index (χ1n) is 17.9. The molecular formula is C42H54N2O2S. The first-order chi connectivity index (χ1) is 22.7. The quantitative estimate of drug-likeness (QED) is 0.205. The van der Waals surface area contributed by atoms with Gasteiger partial charge in [0.25, 0.3) is 0 Å². The van der Waals surface area contributed by atoms with Crippen molar-refractivity contribution < 1.29 is 9.53 Å². The summed E-state index contributed by atoms with van der Waals surface area (Å²) in [5, 5.41) is 0. The first kappa shape index (κ1) is 33.9. The van der Waals surface area contributed by atoms with E-state index in [0.717, 1.165) is 38.1 Å². The second-order valence-electron chi connectivity index (χ2n) is 15.3. The molecule has 0 radical (unpaired) electrons. The average Bonchev–Trinajstić information content (AvgIpc) is 3.67. The van der Waals surface area contributed by atoms with Crippen LogP contribution in [-0.2, 0) is 28.1 Å². The van der Waals surface area contributed by atoms with Crippen molar-refractivity contribution in [2.75, 3.05) is 19.8 Å². The molecule has 4 nitrogen and oxygen atoms in total. The highest BCUT2D eigenvalue weighted by Gasteiger charge is 2.50. The molecule has 5 atom stereocenters. The molecular weight excluding hydrogens is 597 g/mol. The third-order valence-corrected chi connectivity index (χ3v) is 12.0. The lowest BCUT2D eigenvalue weighted by atomic mass is 9.76. The van der Waals surface area contributed by atoms with Gasteiger partial charge >= 0.3 is 0 Å². The Morgan fingerprint density at radius 3 is 2.28 bits per heavy atom. The summed E-state index contributed by atoms with van der Waals surface area (Å²) in [7, 11) is 0. The van der Waals surface area contributed by atoms with Gasteiger partial charge in [0.2, 0.25) is 5.91 Å². The summed E-state index contributed by atoms with van der Waals surface area (Å²) < 4.78 is 6.71. The van der Waals surface area contributed by atoms with Crippen molar-refractivity contribution in [2.24, 2.45) is 23.2 Å². The number of benzene rings is 3. The first-order valence-corrected chi connectivity index (χ1v) is 18.8. The molecule has 1 amide bonds. The standard InChI is InChI=1S/C42H54N2O2S/c1-30-19-21-34(22-20-30)28-47-40-37(18-12-13-31(2)35(38-39(40)46-38)24-23-32-14-8-6-9-15-32)43-25-26-44(29-43)41(45)36(42(3,4)5)27-33-16-10-7-11-17-33/h6-11,14-17,19-22,31,35-36,38-39H,12-13,18,23-29H2,1-5H3/b40-37-. The van der Waals surface area contributed by atoms with E-state index in [0.29, 0.717) is 18.5 Å². The van der Waals surface area contributed by atoms with Crippen molar-refractivity contribution in [3.05, 3.63) is 118 Å². The van der Waals surface area contributed by atoms with E-state index in [9.17, 15) is 4.79 Å². The van der Waals surface area contributed by atoms with Crippen LogP contribution in [-0.4, -0.2) is 47.7 Å². The molecule has 1 aliphatic carbocycles. The lowest BCUT2D eigenvalue weighted by Crippen LogP contribution is -2.42. The van der Waals surface area contributed by atoms with Gasteiger partial charge in [-0.15, -0.1) is 11.8 Å². The summed E-state index contributed by atoms with van der Waals surface area (Å²) in [5.74, 6) is 2.35. The minimum atomic E-state index is -0.118. The van der Waals surface area contributed by atoms with Crippen LogP contribution < -0.4 is 0 Å². The number of amides is 1. The number of carbonyl (C=O) groups is 1. The summed E-state index contributed by atoms with van der Waals surface area (Å²) >= 11 is 1.98. The highest BCUT2D eigenvalue weighted by Crippen LogP contribution is 2.49. The van der Waals surface area contributed by atoms with Gasteiger partial charge in [0, 0.05) is 35.4 Å². The number of allylic oxidation sites excluding steroid dienone is 1. The number of fused-ring (bicyclic) bond motifs is 1. The molecule has 0 saturated carbocycles. The Kier molecular flexibility index (Phi) is 10.8. The highest BCUT2D eigenvalue weighted by atomic mass is 32.2. The maximum absolute atomic E-state index is 14.2. The van der Waals surface area contributed by atoms with Gasteiger partial charge in [-0.05, 0) is 79.4 Å². The molecule has 250 valence electrons. The second kappa shape index (κ2) is 15.0. The van der Waals surface area contributed by atoms with E-state index in [1.807, 2.05) is 11.8 Å². The lowest BCUT2D eigenvalue weighted by molar-refractivity contribution is -0.138. The van der Waals surface area contributed by atoms with Crippen LogP contribution in [0.4, 0.5) is 0 Å². The van der Waals surface area contributed by atoms with E-state index in [4.69, 9.17) is 4.74 Å². The van der Waals surface area contributed by atoms with Crippen LogP contribution in [0.3, 0.4) is 0 Å². The topological polar surface area (TPSA) is 36.1 Å². The largest absolute Gasteiger partial charge is 0.364 e. The summed E-state index contributed by atoms with van der Waals surface area (Å²) in [6.45, 7) is 13.6. The Balaban J connectivity index is 1.23. The number of aryl methyl sites for hydroxylation is 2. The van der Waals surface area contributed by atoms with Crippen LogP contribution in [0.25, 0.3) is 0 Å². The molecule has 3 aromatic rings. The van der Waals surface area contributed by atoms with Gasteiger partial charge in [-0.2, -0.15) is 0 Å². The van der Waals surface area contributed by atoms with Crippen LogP contribution in [0.2, 0.25) is 0 Å². The molecule has 2 heterocycles. The zero-order chi connectivity index (χ0) is 33.0. The van der Waals surface area contributed by atoms with Gasteiger partial charge in [0.15, 0.2) is 0 Å². The second-order valence-corrected chi connectivity index (χ2v) is 16.3. The van der Waals surface area contributed by atoms with E-state index in [-0.39, 0.29) is 29.4 Å². The van der Waals surface area contributed by atoms with Gasteiger partial charge in [0.1, 0.15) is 6.10 Å². The molecule has 47 heavy (non-hydrogen) atoms. The third-order valence-electron chi connectivity index (χ3n) is 10.7. The molecule has 5 heteroatoms. The summed E-state index contributed by atoms with van der Waals surface area (Å²) in [5.41, 5.74) is 6.61. The number of thioether (sulfide) groups is 1. The van der Waals surface area contributed by atoms with E-state index >= 15 is 0 Å². The minimum absolute atomic E-state index is 0.0582. The number of nitrogens with zero attached hydrogens (tertiary/aromatic N) is 2. The molecule has 0 N–H and O–H groups in total. The number of hydrogen-bond donors (Lipinski definition) is 0. The van der Waals surface area contributed by atoms with E-state index in [2.05, 4.69) is 129 Å². The van der Waals surface area contributed by atoms with Crippen molar-refractivity contribution in [1.29, 1.82) is 0 Å². The van der Waals surface area contributed by atoms with Crippen molar-refractivity contribution in [3.8, 4) is 0 Å². The number of ether oxygens (including phenoxy) is 1. The van der Waals surface area contributed by atoms with Crippen molar-refractivity contribution >= 4 is 17.7 Å². The number of epoxide rings is 1. The molecule has 5 unspecified atom stereocenters. The van der Waals surface area contributed by atoms with Gasteiger partial charge in [-0.1, -0.05) is 118 Å². The van der Waals surface area contributed by atoms with Crippen molar-refractivity contribution in [2.45, 2.75) is 91.1 Å². The predicted molar refractivity (Wildman–Crippen MR) is 196 cm³/mol. The Hall–Kier alpha value is -3.02. The van der Waals surface area contributed by atoms with Crippen LogP contribution in [0.1, 0.15) is 75.6 Å². The predicted octanol–water partition coefficient (Wildman–Crippen LogP) is 9.28. The van der Waals surface area contributed by atoms with Crippen LogP contribution in [0.15, 0.2) is 95.5 Å². The number of rotatable bonds is 10. The lowest BCUT2D eigenvalue weighted by Gasteiger charge is -2.33. The van der Waals surface area contributed by atoms with Crippen LogP contribution in [0, 0.1) is 30.1 Å². The molecule has 3 aliphatic rings.